The summed E-state index contributed by atoms with van der Waals surface area (Å²) < 4.78 is 24.2. The Kier molecular flexibility index (Phi) is 8.46. The maximum atomic E-state index is 15.8. The van der Waals surface area contributed by atoms with Crippen molar-refractivity contribution in [3.63, 3.8) is 0 Å². The molecule has 7 heteroatoms. The predicted molar refractivity (Wildman–Crippen MR) is 176 cm³/mol. The molecular weight excluding hydrogens is 573 g/mol. The van der Waals surface area contributed by atoms with E-state index in [1.807, 2.05) is 75.4 Å². The standard InChI is InChI=1S/C37H37ClFN3O2/c1-37(2,3)41-36(43)25-15-19-30(24-13-16-27(38)17-14-24)26(21-25)23-44-29-18-20-31(32(39)22-29)35-40-33-11-7-8-12-34(33)42(35)28-9-5-4-6-10-28/h7-8,11-22,28H,4-6,9-10,23H2,1-3H3,(H,41,43). The lowest BCUT2D eigenvalue weighted by Crippen LogP contribution is -2.40. The zero-order valence-electron chi connectivity index (χ0n) is 25.4. The molecule has 6 rings (SSSR count). The fourth-order valence-corrected chi connectivity index (χ4v) is 6.18. The van der Waals surface area contributed by atoms with Gasteiger partial charge in [0.15, 0.2) is 0 Å². The van der Waals surface area contributed by atoms with E-state index in [4.69, 9.17) is 21.3 Å². The second-order valence-corrected chi connectivity index (χ2v) is 13.0. The Morgan fingerprint density at radius 2 is 1.68 bits per heavy atom. The minimum absolute atomic E-state index is 0.147. The second-order valence-electron chi connectivity index (χ2n) is 12.6. The number of halogens is 2. The summed E-state index contributed by atoms with van der Waals surface area (Å²) in [6.07, 6.45) is 5.71. The number of ether oxygens (including phenoxy) is 1. The van der Waals surface area contributed by atoms with Crippen molar-refractivity contribution in [1.82, 2.24) is 14.9 Å². The summed E-state index contributed by atoms with van der Waals surface area (Å²) in [6.45, 7) is 5.98. The molecule has 4 aromatic carbocycles. The van der Waals surface area contributed by atoms with Gasteiger partial charge in [-0.2, -0.15) is 0 Å². The van der Waals surface area contributed by atoms with E-state index < -0.39 is 0 Å². The summed E-state index contributed by atoms with van der Waals surface area (Å²) in [5.41, 5.74) is 5.18. The van der Waals surface area contributed by atoms with Gasteiger partial charge >= 0.3 is 0 Å². The molecule has 0 spiro atoms. The summed E-state index contributed by atoms with van der Waals surface area (Å²) in [4.78, 5) is 17.9. The number of aromatic nitrogens is 2. The van der Waals surface area contributed by atoms with E-state index in [2.05, 4.69) is 16.0 Å². The number of hydrogen-bond acceptors (Lipinski definition) is 3. The molecule has 0 bridgehead atoms. The van der Waals surface area contributed by atoms with Crippen LogP contribution in [0.2, 0.25) is 5.02 Å². The number of amides is 1. The van der Waals surface area contributed by atoms with Gasteiger partial charge in [0, 0.05) is 28.2 Å². The molecule has 5 aromatic rings. The second kappa shape index (κ2) is 12.4. The number of imidazole rings is 1. The van der Waals surface area contributed by atoms with Gasteiger partial charge in [-0.3, -0.25) is 4.79 Å². The van der Waals surface area contributed by atoms with Crippen LogP contribution in [0.25, 0.3) is 33.5 Å². The molecule has 0 aliphatic heterocycles. The normalized spacial score (nSPS) is 14.1. The molecular formula is C37H37ClFN3O2. The molecule has 0 unspecified atom stereocenters. The number of nitrogens with zero attached hydrogens (tertiary/aromatic N) is 2. The van der Waals surface area contributed by atoms with E-state index in [1.54, 1.807) is 18.2 Å². The minimum Gasteiger partial charge on any atom is -0.489 e. The first-order valence-corrected chi connectivity index (χ1v) is 15.7. The van der Waals surface area contributed by atoms with E-state index >= 15 is 4.39 Å². The Hall–Kier alpha value is -4.16. The molecule has 1 saturated carbocycles. The van der Waals surface area contributed by atoms with Crippen molar-refractivity contribution in [3.8, 4) is 28.3 Å². The van der Waals surface area contributed by atoms with Crippen LogP contribution in [-0.2, 0) is 6.61 Å². The SMILES string of the molecule is CC(C)(C)NC(=O)c1ccc(-c2ccc(Cl)cc2)c(COc2ccc(-c3nc4ccccc4n3C3CCCCC3)c(F)c2)c1. The highest BCUT2D eigenvalue weighted by Crippen LogP contribution is 2.37. The van der Waals surface area contributed by atoms with Crippen molar-refractivity contribution in [3.05, 3.63) is 107 Å². The summed E-state index contributed by atoms with van der Waals surface area (Å²) >= 11 is 6.14. The maximum absolute atomic E-state index is 15.8. The van der Waals surface area contributed by atoms with Crippen LogP contribution in [0.5, 0.6) is 5.75 Å². The van der Waals surface area contributed by atoms with Crippen molar-refractivity contribution >= 4 is 28.5 Å². The third-order valence-electron chi connectivity index (χ3n) is 8.12. The average Bonchev–Trinajstić information content (AvgIpc) is 3.39. The lowest BCUT2D eigenvalue weighted by Gasteiger charge is -2.25. The van der Waals surface area contributed by atoms with Gasteiger partial charge < -0.3 is 14.6 Å². The summed E-state index contributed by atoms with van der Waals surface area (Å²) in [6, 6.07) is 26.4. The Balaban J connectivity index is 1.30. The number of carbonyl (C=O) groups excluding carboxylic acids is 1. The first-order valence-electron chi connectivity index (χ1n) is 15.3. The van der Waals surface area contributed by atoms with Gasteiger partial charge in [0.2, 0.25) is 0 Å². The topological polar surface area (TPSA) is 56.1 Å². The van der Waals surface area contributed by atoms with Gasteiger partial charge in [-0.1, -0.05) is 61.2 Å². The molecule has 1 amide bonds. The van der Waals surface area contributed by atoms with Crippen LogP contribution >= 0.6 is 11.6 Å². The Morgan fingerprint density at radius 3 is 2.41 bits per heavy atom. The number of nitrogens with one attached hydrogen (secondary N) is 1. The zero-order chi connectivity index (χ0) is 30.8. The number of fused-ring (bicyclic) bond motifs is 1. The molecule has 1 aliphatic carbocycles. The molecule has 0 atom stereocenters. The predicted octanol–water partition coefficient (Wildman–Crippen LogP) is 9.78. The molecule has 1 aromatic heterocycles. The highest BCUT2D eigenvalue weighted by atomic mass is 35.5. The Labute approximate surface area is 263 Å². The molecule has 0 saturated heterocycles. The van der Waals surface area contributed by atoms with Gasteiger partial charge in [0.05, 0.1) is 16.6 Å². The summed E-state index contributed by atoms with van der Waals surface area (Å²) in [5.74, 6) is 0.506. The van der Waals surface area contributed by atoms with Gasteiger partial charge in [0.1, 0.15) is 24.0 Å². The number of rotatable bonds is 7. The molecule has 1 N–H and O–H groups in total. The molecule has 1 fully saturated rings. The van der Waals surface area contributed by atoms with E-state index in [1.165, 1.54) is 25.3 Å². The van der Waals surface area contributed by atoms with Crippen molar-refractivity contribution < 1.29 is 13.9 Å². The lowest BCUT2D eigenvalue weighted by molar-refractivity contribution is 0.0919. The van der Waals surface area contributed by atoms with E-state index in [9.17, 15) is 4.79 Å². The molecule has 44 heavy (non-hydrogen) atoms. The average molecular weight is 610 g/mol. The van der Waals surface area contributed by atoms with Crippen molar-refractivity contribution in [2.24, 2.45) is 0 Å². The van der Waals surface area contributed by atoms with E-state index in [-0.39, 0.29) is 23.9 Å². The highest BCUT2D eigenvalue weighted by Gasteiger charge is 2.24. The number of benzene rings is 4. The summed E-state index contributed by atoms with van der Waals surface area (Å²) in [7, 11) is 0. The number of hydrogen-bond donors (Lipinski definition) is 1. The first kappa shape index (κ1) is 29.9. The third-order valence-corrected chi connectivity index (χ3v) is 8.37. The minimum atomic E-state index is -0.383. The Bertz CT molecular complexity index is 1800. The van der Waals surface area contributed by atoms with Crippen LogP contribution in [0.3, 0.4) is 0 Å². The number of para-hydroxylation sites is 2. The van der Waals surface area contributed by atoms with Gasteiger partial charge in [0.25, 0.3) is 5.91 Å². The fourth-order valence-electron chi connectivity index (χ4n) is 6.05. The van der Waals surface area contributed by atoms with E-state index in [0.29, 0.717) is 33.8 Å². The molecule has 5 nitrogen and oxygen atoms in total. The van der Waals surface area contributed by atoms with Crippen molar-refractivity contribution in [1.29, 1.82) is 0 Å². The maximum Gasteiger partial charge on any atom is 0.251 e. The Morgan fingerprint density at radius 1 is 0.955 bits per heavy atom. The largest absolute Gasteiger partial charge is 0.489 e. The van der Waals surface area contributed by atoms with Gasteiger partial charge in [-0.05, 0) is 98.8 Å². The molecule has 226 valence electrons. The van der Waals surface area contributed by atoms with E-state index in [0.717, 1.165) is 40.6 Å². The lowest BCUT2D eigenvalue weighted by atomic mass is 9.95. The smallest absolute Gasteiger partial charge is 0.251 e. The monoisotopic (exact) mass is 609 g/mol. The van der Waals surface area contributed by atoms with Crippen LogP contribution in [-0.4, -0.2) is 21.0 Å². The first-order chi connectivity index (χ1) is 21.2. The van der Waals surface area contributed by atoms with Crippen LogP contribution in [0, 0.1) is 5.82 Å². The molecule has 1 aliphatic rings. The fraction of sp³-hybridized carbons (Fsp3) is 0.297. The van der Waals surface area contributed by atoms with Crippen LogP contribution in [0.1, 0.15) is 74.8 Å². The molecule has 0 radical (unpaired) electrons. The number of carbonyl (C=O) groups is 1. The van der Waals surface area contributed by atoms with Crippen molar-refractivity contribution in [2.75, 3.05) is 0 Å². The van der Waals surface area contributed by atoms with Crippen molar-refractivity contribution in [2.45, 2.75) is 71.1 Å². The van der Waals surface area contributed by atoms with Crippen LogP contribution in [0.4, 0.5) is 4.39 Å². The molecule has 1 heterocycles. The van der Waals surface area contributed by atoms with Gasteiger partial charge in [-0.25, -0.2) is 9.37 Å². The van der Waals surface area contributed by atoms with Crippen LogP contribution < -0.4 is 10.1 Å². The van der Waals surface area contributed by atoms with Gasteiger partial charge in [-0.15, -0.1) is 0 Å². The van der Waals surface area contributed by atoms with Crippen LogP contribution in [0.15, 0.2) is 84.9 Å². The third kappa shape index (κ3) is 6.51. The quantitative estimate of drug-likeness (QED) is 0.200. The summed E-state index contributed by atoms with van der Waals surface area (Å²) in [5, 5.41) is 3.65. The highest BCUT2D eigenvalue weighted by molar-refractivity contribution is 6.30. The zero-order valence-corrected chi connectivity index (χ0v) is 26.1.